The first kappa shape index (κ1) is 13.3. The van der Waals surface area contributed by atoms with Gasteiger partial charge in [0.2, 0.25) is 0 Å². The van der Waals surface area contributed by atoms with Crippen molar-refractivity contribution in [1.82, 2.24) is 0 Å². The Balaban J connectivity index is 2.22. The van der Waals surface area contributed by atoms with Gasteiger partial charge in [-0.2, -0.15) is 0 Å². The van der Waals surface area contributed by atoms with Crippen molar-refractivity contribution in [2.75, 3.05) is 5.73 Å². The molecule has 1 aromatic heterocycles. The van der Waals surface area contributed by atoms with E-state index in [0.717, 1.165) is 13.1 Å². The van der Waals surface area contributed by atoms with E-state index in [9.17, 15) is 4.21 Å². The third-order valence-corrected chi connectivity index (χ3v) is 5.84. The van der Waals surface area contributed by atoms with Crippen LogP contribution in [0.15, 0.2) is 43.5 Å². The molecule has 2 N–H and O–H groups in total. The molecule has 2 aromatic rings. The van der Waals surface area contributed by atoms with Crippen LogP contribution in [0.1, 0.15) is 4.88 Å². The zero-order valence-electron chi connectivity index (χ0n) is 8.65. The van der Waals surface area contributed by atoms with Gasteiger partial charge in [0, 0.05) is 15.0 Å². The van der Waals surface area contributed by atoms with Crippen LogP contribution < -0.4 is 5.73 Å². The van der Waals surface area contributed by atoms with E-state index >= 15 is 0 Å². The van der Waals surface area contributed by atoms with Crippen molar-refractivity contribution >= 4 is 59.7 Å². The molecule has 1 heterocycles. The fraction of sp³-hybridized carbons (Fsp3) is 0.0909. The van der Waals surface area contributed by atoms with Crippen molar-refractivity contribution in [1.29, 1.82) is 0 Å². The van der Waals surface area contributed by atoms with Crippen molar-refractivity contribution in [3.05, 3.63) is 43.5 Å². The Kier molecular flexibility index (Phi) is 4.41. The Bertz CT molecular complexity index is 568. The number of nitrogens with two attached hydrogens (primary N) is 1. The first-order valence-electron chi connectivity index (χ1n) is 4.74. The first-order chi connectivity index (χ1) is 8.06. The van der Waals surface area contributed by atoms with Crippen LogP contribution in [0.3, 0.4) is 0 Å². The van der Waals surface area contributed by atoms with Gasteiger partial charge < -0.3 is 5.73 Å². The SMILES string of the molecule is Nc1ccc(Br)cc1S(=O)Cc1ccc(Br)s1. The van der Waals surface area contributed by atoms with Crippen LogP contribution in [-0.2, 0) is 16.6 Å². The lowest BCUT2D eigenvalue weighted by atomic mass is 10.3. The van der Waals surface area contributed by atoms with Crippen molar-refractivity contribution in [2.24, 2.45) is 0 Å². The Morgan fingerprint density at radius 3 is 2.65 bits per heavy atom. The van der Waals surface area contributed by atoms with E-state index in [1.165, 1.54) is 0 Å². The number of thiophene rings is 1. The standard InChI is InChI=1S/C11H9Br2NOS2/c12-7-1-3-9(14)10(5-7)17(15)6-8-2-4-11(13)16-8/h1-5H,6,14H2. The number of benzene rings is 1. The summed E-state index contributed by atoms with van der Waals surface area (Å²) < 4.78 is 14.1. The quantitative estimate of drug-likeness (QED) is 0.794. The minimum Gasteiger partial charge on any atom is -0.398 e. The highest BCUT2D eigenvalue weighted by atomic mass is 79.9. The lowest BCUT2D eigenvalue weighted by molar-refractivity contribution is 0.683. The van der Waals surface area contributed by atoms with Gasteiger partial charge in [-0.25, -0.2) is 0 Å². The number of hydrogen-bond donors (Lipinski definition) is 1. The number of hydrogen-bond acceptors (Lipinski definition) is 3. The van der Waals surface area contributed by atoms with Crippen LogP contribution in [0, 0.1) is 0 Å². The minimum absolute atomic E-state index is 0.497. The molecule has 0 spiro atoms. The average Bonchev–Trinajstić information content (AvgIpc) is 2.67. The topological polar surface area (TPSA) is 43.1 Å². The third-order valence-electron chi connectivity index (χ3n) is 2.12. The maximum Gasteiger partial charge on any atom is 0.0701 e. The maximum atomic E-state index is 12.2. The first-order valence-corrected chi connectivity index (χ1v) is 8.46. The van der Waals surface area contributed by atoms with E-state index in [1.807, 2.05) is 24.3 Å². The summed E-state index contributed by atoms with van der Waals surface area (Å²) in [5.74, 6) is 0.497. The molecular weight excluding hydrogens is 386 g/mol. The summed E-state index contributed by atoms with van der Waals surface area (Å²) in [6.07, 6.45) is 0. The fourth-order valence-electron chi connectivity index (χ4n) is 1.34. The number of rotatable bonds is 3. The number of halogens is 2. The Morgan fingerprint density at radius 1 is 1.24 bits per heavy atom. The van der Waals surface area contributed by atoms with Gasteiger partial charge in [0.05, 0.1) is 25.2 Å². The highest BCUT2D eigenvalue weighted by Crippen LogP contribution is 2.27. The van der Waals surface area contributed by atoms with Crippen LogP contribution in [0.2, 0.25) is 0 Å². The van der Waals surface area contributed by atoms with Crippen LogP contribution in [0.25, 0.3) is 0 Å². The van der Waals surface area contributed by atoms with Crippen molar-refractivity contribution in [3.8, 4) is 0 Å². The van der Waals surface area contributed by atoms with E-state index < -0.39 is 10.8 Å². The summed E-state index contributed by atoms with van der Waals surface area (Å²) in [5.41, 5.74) is 6.40. The number of anilines is 1. The normalized spacial score (nSPS) is 12.6. The lowest BCUT2D eigenvalue weighted by Gasteiger charge is -2.05. The summed E-state index contributed by atoms with van der Waals surface area (Å²) in [5, 5.41) is 0. The molecule has 6 heteroatoms. The predicted octanol–water partition coefficient (Wildman–Crippen LogP) is 4.16. The number of nitrogen functional groups attached to an aromatic ring is 1. The van der Waals surface area contributed by atoms with Crippen LogP contribution in [-0.4, -0.2) is 4.21 Å². The van der Waals surface area contributed by atoms with Gasteiger partial charge >= 0.3 is 0 Å². The van der Waals surface area contributed by atoms with Gasteiger partial charge in [0.1, 0.15) is 0 Å². The highest BCUT2D eigenvalue weighted by molar-refractivity contribution is 9.11. The van der Waals surface area contributed by atoms with E-state index in [0.29, 0.717) is 16.3 Å². The Morgan fingerprint density at radius 2 is 2.00 bits per heavy atom. The largest absolute Gasteiger partial charge is 0.398 e. The molecule has 0 bridgehead atoms. The summed E-state index contributed by atoms with van der Waals surface area (Å²) in [6, 6.07) is 9.36. The van der Waals surface area contributed by atoms with E-state index in [1.54, 1.807) is 17.4 Å². The molecule has 0 saturated heterocycles. The molecule has 0 aliphatic carbocycles. The summed E-state index contributed by atoms with van der Waals surface area (Å²) in [7, 11) is -1.11. The maximum absolute atomic E-state index is 12.2. The van der Waals surface area contributed by atoms with Gasteiger partial charge in [-0.3, -0.25) is 4.21 Å². The molecule has 0 saturated carbocycles. The van der Waals surface area contributed by atoms with Gasteiger partial charge in [-0.15, -0.1) is 11.3 Å². The molecule has 0 aliphatic heterocycles. The van der Waals surface area contributed by atoms with Crippen LogP contribution in [0.5, 0.6) is 0 Å². The van der Waals surface area contributed by atoms with Crippen molar-refractivity contribution in [3.63, 3.8) is 0 Å². The van der Waals surface area contributed by atoms with Gasteiger partial charge in [-0.05, 0) is 46.3 Å². The summed E-state index contributed by atoms with van der Waals surface area (Å²) >= 11 is 8.34. The Labute approximate surface area is 123 Å². The molecule has 2 rings (SSSR count). The second-order valence-electron chi connectivity index (χ2n) is 3.38. The van der Waals surface area contributed by atoms with Crippen molar-refractivity contribution < 1.29 is 4.21 Å². The highest BCUT2D eigenvalue weighted by Gasteiger charge is 2.10. The second kappa shape index (κ2) is 5.65. The van der Waals surface area contributed by atoms with E-state index in [-0.39, 0.29) is 0 Å². The van der Waals surface area contributed by atoms with E-state index in [4.69, 9.17) is 5.73 Å². The average molecular weight is 395 g/mol. The minimum atomic E-state index is -1.11. The van der Waals surface area contributed by atoms with Crippen LogP contribution >= 0.6 is 43.2 Å². The molecule has 2 nitrogen and oxygen atoms in total. The molecule has 0 amide bonds. The van der Waals surface area contributed by atoms with Crippen LogP contribution in [0.4, 0.5) is 5.69 Å². The molecule has 90 valence electrons. The van der Waals surface area contributed by atoms with Gasteiger partial charge in [-0.1, -0.05) is 15.9 Å². The fourth-order valence-corrected chi connectivity index (χ4v) is 4.79. The molecule has 1 atom stereocenters. The lowest BCUT2D eigenvalue weighted by Crippen LogP contribution is -1.99. The molecule has 1 unspecified atom stereocenters. The molecule has 0 fully saturated rings. The van der Waals surface area contributed by atoms with Gasteiger partial charge in [0.15, 0.2) is 0 Å². The van der Waals surface area contributed by atoms with Crippen molar-refractivity contribution in [2.45, 2.75) is 10.6 Å². The molecule has 0 radical (unpaired) electrons. The summed E-state index contributed by atoms with van der Waals surface area (Å²) in [4.78, 5) is 1.76. The Hall–Kier alpha value is -0.170. The monoisotopic (exact) mass is 393 g/mol. The third kappa shape index (κ3) is 3.40. The second-order valence-corrected chi connectivity index (χ2v) is 8.26. The molecule has 0 aliphatic rings. The van der Waals surface area contributed by atoms with Gasteiger partial charge in [0.25, 0.3) is 0 Å². The zero-order valence-corrected chi connectivity index (χ0v) is 13.5. The molecule has 1 aromatic carbocycles. The smallest absolute Gasteiger partial charge is 0.0701 e. The predicted molar refractivity (Wildman–Crippen MR) is 80.7 cm³/mol. The van der Waals surface area contributed by atoms with E-state index in [2.05, 4.69) is 31.9 Å². The zero-order chi connectivity index (χ0) is 12.4. The molecular formula is C11H9Br2NOS2. The molecule has 17 heavy (non-hydrogen) atoms. The summed E-state index contributed by atoms with van der Waals surface area (Å²) in [6.45, 7) is 0.